The molecule has 1 nitrogen and oxygen atoms in total. The zero-order valence-electron chi connectivity index (χ0n) is 20.7. The number of hydrogen-bond donors (Lipinski definition) is 0. The molecule has 0 N–H and O–H groups in total. The molecule has 0 saturated carbocycles. The lowest BCUT2D eigenvalue weighted by molar-refractivity contribution is 1.48. The highest BCUT2D eigenvalue weighted by Gasteiger charge is 2.10. The second-order valence-electron chi connectivity index (χ2n) is 9.71. The molecule has 7 aromatic rings. The summed E-state index contributed by atoms with van der Waals surface area (Å²) in [5, 5.41) is 17.1. The molecule has 1 heteroatoms. The Kier molecular flexibility index (Phi) is 5.24. The average molecular weight is 482 g/mol. The van der Waals surface area contributed by atoms with Gasteiger partial charge in [0.1, 0.15) is 0 Å². The van der Waals surface area contributed by atoms with Crippen LogP contribution in [-0.4, -0.2) is 0 Å². The molecular weight excluding hydrogens is 458 g/mol. The van der Waals surface area contributed by atoms with Gasteiger partial charge in [0.05, 0.1) is 11.6 Å². The SMILES string of the molecule is N#Cc1ccccc1-c1cccc(-c2ccc3cc(-c4cc5ccccc5c5ccccc45)ccc3c2)c1. The van der Waals surface area contributed by atoms with E-state index in [2.05, 4.69) is 121 Å². The van der Waals surface area contributed by atoms with Gasteiger partial charge < -0.3 is 0 Å². The lowest BCUT2D eigenvalue weighted by Crippen LogP contribution is -1.87. The van der Waals surface area contributed by atoms with E-state index in [9.17, 15) is 5.26 Å². The fourth-order valence-corrected chi connectivity index (χ4v) is 5.58. The fraction of sp³-hybridized carbons (Fsp3) is 0. The zero-order valence-corrected chi connectivity index (χ0v) is 20.7. The van der Waals surface area contributed by atoms with E-state index >= 15 is 0 Å². The number of fused-ring (bicyclic) bond motifs is 4. The lowest BCUT2D eigenvalue weighted by Gasteiger charge is -2.12. The fourth-order valence-electron chi connectivity index (χ4n) is 5.58. The van der Waals surface area contributed by atoms with Crippen molar-refractivity contribution in [1.29, 1.82) is 5.26 Å². The Morgan fingerprint density at radius 2 is 0.974 bits per heavy atom. The van der Waals surface area contributed by atoms with E-state index in [1.807, 2.05) is 24.3 Å². The van der Waals surface area contributed by atoms with Gasteiger partial charge in [-0.3, -0.25) is 0 Å². The summed E-state index contributed by atoms with van der Waals surface area (Å²) in [5.41, 5.74) is 7.50. The van der Waals surface area contributed by atoms with Gasteiger partial charge in [0.25, 0.3) is 0 Å². The van der Waals surface area contributed by atoms with Crippen molar-refractivity contribution < 1.29 is 0 Å². The summed E-state index contributed by atoms with van der Waals surface area (Å²) in [6.07, 6.45) is 0. The van der Waals surface area contributed by atoms with Crippen molar-refractivity contribution in [3.63, 3.8) is 0 Å². The number of rotatable bonds is 3. The highest BCUT2D eigenvalue weighted by atomic mass is 14.2. The van der Waals surface area contributed by atoms with Crippen molar-refractivity contribution >= 4 is 32.3 Å². The first-order valence-electron chi connectivity index (χ1n) is 12.8. The molecule has 0 saturated heterocycles. The van der Waals surface area contributed by atoms with Crippen LogP contribution in [0.4, 0.5) is 0 Å². The van der Waals surface area contributed by atoms with Crippen LogP contribution >= 0.6 is 0 Å². The summed E-state index contributed by atoms with van der Waals surface area (Å²) in [7, 11) is 0. The predicted octanol–water partition coefficient (Wildman–Crippen LogP) is 10.0. The van der Waals surface area contributed by atoms with Crippen LogP contribution in [0.1, 0.15) is 5.56 Å². The largest absolute Gasteiger partial charge is 0.192 e. The van der Waals surface area contributed by atoms with E-state index in [4.69, 9.17) is 0 Å². The molecule has 0 heterocycles. The maximum absolute atomic E-state index is 9.55. The molecule has 7 aromatic carbocycles. The minimum absolute atomic E-state index is 0.692. The summed E-state index contributed by atoms with van der Waals surface area (Å²) in [6, 6.07) is 51.6. The first-order chi connectivity index (χ1) is 18.8. The summed E-state index contributed by atoms with van der Waals surface area (Å²) in [4.78, 5) is 0. The van der Waals surface area contributed by atoms with Crippen molar-refractivity contribution in [1.82, 2.24) is 0 Å². The number of nitriles is 1. The summed E-state index contributed by atoms with van der Waals surface area (Å²) < 4.78 is 0. The van der Waals surface area contributed by atoms with Crippen LogP contribution in [0.5, 0.6) is 0 Å². The van der Waals surface area contributed by atoms with Crippen LogP contribution < -0.4 is 0 Å². The number of hydrogen-bond acceptors (Lipinski definition) is 1. The van der Waals surface area contributed by atoms with Crippen LogP contribution in [-0.2, 0) is 0 Å². The summed E-state index contributed by atoms with van der Waals surface area (Å²) in [6.45, 7) is 0. The topological polar surface area (TPSA) is 23.8 Å². The van der Waals surface area contributed by atoms with Crippen molar-refractivity contribution in [3.05, 3.63) is 145 Å². The third kappa shape index (κ3) is 3.72. The third-order valence-corrected chi connectivity index (χ3v) is 7.47. The highest BCUT2D eigenvalue weighted by molar-refractivity contribution is 6.14. The van der Waals surface area contributed by atoms with Gasteiger partial charge in [-0.25, -0.2) is 0 Å². The Bertz CT molecular complexity index is 2040. The van der Waals surface area contributed by atoms with Gasteiger partial charge in [-0.15, -0.1) is 0 Å². The van der Waals surface area contributed by atoms with Crippen LogP contribution in [0.25, 0.3) is 65.7 Å². The van der Waals surface area contributed by atoms with E-state index < -0.39 is 0 Å². The molecule has 176 valence electrons. The van der Waals surface area contributed by atoms with Gasteiger partial charge >= 0.3 is 0 Å². The van der Waals surface area contributed by atoms with E-state index in [1.165, 1.54) is 43.4 Å². The smallest absolute Gasteiger partial charge is 0.0998 e. The van der Waals surface area contributed by atoms with Crippen LogP contribution in [0.2, 0.25) is 0 Å². The van der Waals surface area contributed by atoms with E-state index in [0.29, 0.717) is 5.56 Å². The second kappa shape index (κ2) is 9.04. The van der Waals surface area contributed by atoms with E-state index in [1.54, 1.807) is 0 Å². The van der Waals surface area contributed by atoms with Gasteiger partial charge in [0.15, 0.2) is 0 Å². The summed E-state index contributed by atoms with van der Waals surface area (Å²) in [5.74, 6) is 0. The normalized spacial score (nSPS) is 11.1. The Balaban J connectivity index is 1.32. The molecule has 7 rings (SSSR count). The Morgan fingerprint density at radius 3 is 1.82 bits per heavy atom. The molecule has 0 fully saturated rings. The third-order valence-electron chi connectivity index (χ3n) is 7.47. The van der Waals surface area contributed by atoms with Crippen LogP contribution in [0.3, 0.4) is 0 Å². The van der Waals surface area contributed by atoms with Gasteiger partial charge in [-0.05, 0) is 96.0 Å². The Labute approximate surface area is 221 Å². The van der Waals surface area contributed by atoms with Gasteiger partial charge in [0.2, 0.25) is 0 Å². The molecule has 0 bridgehead atoms. The number of nitrogens with zero attached hydrogens (tertiary/aromatic N) is 1. The van der Waals surface area contributed by atoms with Crippen molar-refractivity contribution in [3.8, 4) is 39.4 Å². The molecule has 0 aromatic heterocycles. The van der Waals surface area contributed by atoms with Crippen molar-refractivity contribution in [2.45, 2.75) is 0 Å². The first kappa shape index (κ1) is 22.0. The predicted molar refractivity (Wildman–Crippen MR) is 160 cm³/mol. The van der Waals surface area contributed by atoms with Crippen molar-refractivity contribution in [2.75, 3.05) is 0 Å². The van der Waals surface area contributed by atoms with Crippen LogP contribution in [0, 0.1) is 11.3 Å². The monoisotopic (exact) mass is 481 g/mol. The molecule has 0 aliphatic heterocycles. The molecule has 0 aliphatic carbocycles. The Hall–Kier alpha value is -5.19. The lowest BCUT2D eigenvalue weighted by atomic mass is 9.91. The maximum Gasteiger partial charge on any atom is 0.0998 e. The molecule has 0 radical (unpaired) electrons. The molecule has 0 unspecified atom stereocenters. The van der Waals surface area contributed by atoms with E-state index in [-0.39, 0.29) is 0 Å². The average Bonchev–Trinajstić information content (AvgIpc) is 3.00. The Morgan fingerprint density at radius 1 is 0.368 bits per heavy atom. The quantitative estimate of drug-likeness (QED) is 0.230. The highest BCUT2D eigenvalue weighted by Crippen LogP contribution is 2.37. The molecule has 38 heavy (non-hydrogen) atoms. The molecule has 0 atom stereocenters. The van der Waals surface area contributed by atoms with Crippen molar-refractivity contribution in [2.24, 2.45) is 0 Å². The molecule has 0 spiro atoms. The molecule has 0 amide bonds. The minimum Gasteiger partial charge on any atom is -0.192 e. The molecule has 0 aliphatic rings. The van der Waals surface area contributed by atoms with E-state index in [0.717, 1.165) is 22.3 Å². The molecular formula is C37H23N. The van der Waals surface area contributed by atoms with Gasteiger partial charge in [-0.1, -0.05) is 109 Å². The maximum atomic E-state index is 9.55. The van der Waals surface area contributed by atoms with Crippen LogP contribution in [0.15, 0.2) is 140 Å². The van der Waals surface area contributed by atoms with Gasteiger partial charge in [0, 0.05) is 0 Å². The number of benzene rings is 7. The van der Waals surface area contributed by atoms with Gasteiger partial charge in [-0.2, -0.15) is 5.26 Å². The zero-order chi connectivity index (χ0) is 25.5. The second-order valence-corrected chi connectivity index (χ2v) is 9.71. The summed E-state index contributed by atoms with van der Waals surface area (Å²) >= 11 is 0. The minimum atomic E-state index is 0.692. The first-order valence-corrected chi connectivity index (χ1v) is 12.8. The standard InChI is InChI=1S/C37H23N/c38-24-32-9-2-3-12-33(32)29-11-7-10-25(21-29)26-16-17-28-22-31(19-18-27(28)20-26)37-23-30-8-1-4-13-34(30)35-14-5-6-15-36(35)37/h1-23H.